The number of nitrogens with one attached hydrogen (secondary N) is 1. The van der Waals surface area contributed by atoms with Gasteiger partial charge in [0.2, 0.25) is 11.8 Å². The summed E-state index contributed by atoms with van der Waals surface area (Å²) in [6, 6.07) is 2.63. The molecule has 2 amide bonds. The number of aromatic nitrogens is 1. The number of hydrogen-bond acceptors (Lipinski definition) is 6. The van der Waals surface area contributed by atoms with Gasteiger partial charge in [0.05, 0.1) is 21.2 Å². The molecule has 0 aliphatic carbocycles. The molecule has 1 aromatic heterocycles. The number of carbonyl (C=O) groups excluding carboxylic acids is 2. The van der Waals surface area contributed by atoms with Gasteiger partial charge < -0.3 is 15.3 Å². The number of thiazole rings is 1. The highest BCUT2D eigenvalue weighted by Gasteiger charge is 2.30. The highest BCUT2D eigenvalue weighted by Crippen LogP contribution is 2.35. The van der Waals surface area contributed by atoms with Gasteiger partial charge in [0.25, 0.3) is 0 Å². The maximum absolute atomic E-state index is 12.6. The van der Waals surface area contributed by atoms with E-state index in [1.165, 1.54) is 29.2 Å². The molecule has 1 fully saturated rings. The summed E-state index contributed by atoms with van der Waals surface area (Å²) in [5, 5.41) is 14.7. The van der Waals surface area contributed by atoms with Gasteiger partial charge in [-0.3, -0.25) is 9.59 Å². The number of aliphatic carboxylic acids is 1. The molecule has 2 N–H and O–H groups in total. The van der Waals surface area contributed by atoms with Crippen molar-refractivity contribution >= 4 is 70.2 Å². The van der Waals surface area contributed by atoms with E-state index in [4.69, 9.17) is 23.2 Å². The van der Waals surface area contributed by atoms with Crippen LogP contribution < -0.4 is 5.32 Å². The van der Waals surface area contributed by atoms with Crippen LogP contribution in [0.25, 0.3) is 6.08 Å². The largest absolute Gasteiger partial charge is 0.480 e. The standard InChI is InChI=1S/C22H23Cl2N3O4S2/c1-32-17-4-2-13(19(23)20(17)24)3-5-18(28)27-8-6-14(7-9-27)21(29)26-16(22(30)31)10-15-11-33-12-25-15/h2-5,11-12,14,16H,6-10H2,1H3,(H,26,29)(H,30,31)/b5-3+. The zero-order chi connectivity index (χ0) is 24.0. The molecule has 0 spiro atoms. The number of halogens is 2. The van der Waals surface area contributed by atoms with Crippen molar-refractivity contribution in [2.45, 2.75) is 30.2 Å². The smallest absolute Gasteiger partial charge is 0.326 e. The minimum atomic E-state index is -1.10. The van der Waals surface area contributed by atoms with Crippen molar-refractivity contribution in [3.05, 3.63) is 50.4 Å². The highest BCUT2D eigenvalue weighted by molar-refractivity contribution is 7.98. The predicted octanol–water partition coefficient (Wildman–Crippen LogP) is 4.24. The maximum Gasteiger partial charge on any atom is 0.326 e. The van der Waals surface area contributed by atoms with E-state index >= 15 is 0 Å². The normalized spacial score (nSPS) is 15.5. The van der Waals surface area contributed by atoms with Crippen molar-refractivity contribution in [3.8, 4) is 0 Å². The second-order valence-electron chi connectivity index (χ2n) is 7.50. The van der Waals surface area contributed by atoms with Crippen molar-refractivity contribution in [1.29, 1.82) is 0 Å². The fourth-order valence-electron chi connectivity index (χ4n) is 3.50. The van der Waals surface area contributed by atoms with Crippen molar-refractivity contribution < 1.29 is 19.5 Å². The van der Waals surface area contributed by atoms with Crippen LogP contribution in [0.5, 0.6) is 0 Å². The quantitative estimate of drug-likeness (QED) is 0.393. The maximum atomic E-state index is 12.6. The second kappa shape index (κ2) is 11.9. The summed E-state index contributed by atoms with van der Waals surface area (Å²) in [6.45, 7) is 0.815. The molecular formula is C22H23Cl2N3O4S2. The molecule has 1 aromatic carbocycles. The predicted molar refractivity (Wildman–Crippen MR) is 132 cm³/mol. The Morgan fingerprint density at radius 2 is 2.03 bits per heavy atom. The van der Waals surface area contributed by atoms with E-state index in [0.717, 1.165) is 4.90 Å². The van der Waals surface area contributed by atoms with Gasteiger partial charge in [0.15, 0.2) is 0 Å². The number of rotatable bonds is 8. The summed E-state index contributed by atoms with van der Waals surface area (Å²) in [7, 11) is 0. The molecule has 11 heteroatoms. The van der Waals surface area contributed by atoms with Crippen LogP contribution in [0.3, 0.4) is 0 Å². The lowest BCUT2D eigenvalue weighted by molar-refractivity contribution is -0.142. The van der Waals surface area contributed by atoms with E-state index < -0.39 is 12.0 Å². The Balaban J connectivity index is 1.53. The van der Waals surface area contributed by atoms with E-state index in [-0.39, 0.29) is 24.2 Å². The van der Waals surface area contributed by atoms with Crippen LogP contribution in [-0.4, -0.2) is 58.2 Å². The number of amides is 2. The third-order valence-electron chi connectivity index (χ3n) is 5.39. The van der Waals surface area contributed by atoms with Gasteiger partial charge in [0, 0.05) is 41.8 Å². The molecule has 0 saturated carbocycles. The lowest BCUT2D eigenvalue weighted by Crippen LogP contribution is -2.48. The zero-order valence-corrected chi connectivity index (χ0v) is 20.9. The van der Waals surface area contributed by atoms with E-state index in [1.807, 2.05) is 18.4 Å². The van der Waals surface area contributed by atoms with Crippen molar-refractivity contribution in [2.24, 2.45) is 5.92 Å². The lowest BCUT2D eigenvalue weighted by atomic mass is 9.95. The fourth-order valence-corrected chi connectivity index (χ4v) is 5.24. The molecule has 176 valence electrons. The molecule has 1 unspecified atom stereocenters. The number of benzene rings is 1. The number of carboxylic acid groups (broad SMARTS) is 1. The molecule has 33 heavy (non-hydrogen) atoms. The van der Waals surface area contributed by atoms with Crippen molar-refractivity contribution in [3.63, 3.8) is 0 Å². The summed E-state index contributed by atoms with van der Waals surface area (Å²) in [6.07, 6.45) is 6.05. The van der Waals surface area contributed by atoms with Gasteiger partial charge in [-0.15, -0.1) is 23.1 Å². The minimum Gasteiger partial charge on any atom is -0.480 e. The number of carboxylic acids is 1. The number of likely N-dealkylation sites (tertiary alicyclic amines) is 1. The molecule has 2 aromatic rings. The first-order valence-corrected chi connectivity index (χ1v) is 13.1. The highest BCUT2D eigenvalue weighted by atomic mass is 35.5. The van der Waals surface area contributed by atoms with Crippen LogP contribution in [-0.2, 0) is 20.8 Å². The number of thioether (sulfide) groups is 1. The Morgan fingerprint density at radius 3 is 2.64 bits per heavy atom. The molecular weight excluding hydrogens is 505 g/mol. The number of nitrogens with zero attached hydrogens (tertiary/aromatic N) is 2. The van der Waals surface area contributed by atoms with Gasteiger partial charge in [-0.1, -0.05) is 29.3 Å². The lowest BCUT2D eigenvalue weighted by Gasteiger charge is -2.31. The van der Waals surface area contributed by atoms with Crippen LogP contribution in [0.2, 0.25) is 10.0 Å². The van der Waals surface area contributed by atoms with Gasteiger partial charge in [-0.25, -0.2) is 9.78 Å². The Labute approximate surface area is 210 Å². The fraction of sp³-hybridized carbons (Fsp3) is 0.364. The third kappa shape index (κ3) is 6.72. The third-order valence-corrected chi connectivity index (χ3v) is 7.81. The summed E-state index contributed by atoms with van der Waals surface area (Å²) in [5.41, 5.74) is 2.91. The monoisotopic (exact) mass is 527 g/mol. The number of piperidine rings is 1. The van der Waals surface area contributed by atoms with Crippen molar-refractivity contribution in [1.82, 2.24) is 15.2 Å². The van der Waals surface area contributed by atoms with Crippen LogP contribution in [0, 0.1) is 5.92 Å². The Hall–Kier alpha value is -2.07. The van der Waals surface area contributed by atoms with E-state index in [2.05, 4.69) is 10.3 Å². The first kappa shape index (κ1) is 25.6. The summed E-state index contributed by atoms with van der Waals surface area (Å²) >= 11 is 15.4. The second-order valence-corrected chi connectivity index (χ2v) is 9.82. The van der Waals surface area contributed by atoms with Crippen molar-refractivity contribution in [2.75, 3.05) is 19.3 Å². The Bertz CT molecular complexity index is 1040. The average molecular weight is 528 g/mol. The van der Waals surface area contributed by atoms with E-state index in [9.17, 15) is 19.5 Å². The van der Waals surface area contributed by atoms with Crippen LogP contribution >= 0.6 is 46.3 Å². The number of carbonyl (C=O) groups is 3. The molecule has 2 heterocycles. The van der Waals surface area contributed by atoms with Crippen LogP contribution in [0.4, 0.5) is 0 Å². The van der Waals surface area contributed by atoms with Gasteiger partial charge in [-0.2, -0.15) is 0 Å². The van der Waals surface area contributed by atoms with Crippen LogP contribution in [0.15, 0.2) is 34.0 Å². The molecule has 3 rings (SSSR count). The average Bonchev–Trinajstić information content (AvgIpc) is 3.32. The molecule has 0 bridgehead atoms. The molecule has 1 atom stereocenters. The molecule has 1 aliphatic heterocycles. The minimum absolute atomic E-state index is 0.136. The van der Waals surface area contributed by atoms with Gasteiger partial charge in [-0.05, 0) is 36.8 Å². The SMILES string of the molecule is CSc1ccc(/C=C/C(=O)N2CCC(C(=O)NC(Cc3cscn3)C(=O)O)CC2)c(Cl)c1Cl. The van der Waals surface area contributed by atoms with Gasteiger partial charge in [0.1, 0.15) is 6.04 Å². The Morgan fingerprint density at radius 1 is 1.30 bits per heavy atom. The zero-order valence-electron chi connectivity index (χ0n) is 17.8. The summed E-state index contributed by atoms with van der Waals surface area (Å²) in [5.74, 6) is -1.93. The van der Waals surface area contributed by atoms with Gasteiger partial charge >= 0.3 is 5.97 Å². The first-order chi connectivity index (χ1) is 15.8. The molecule has 0 radical (unpaired) electrons. The van der Waals surface area contributed by atoms with E-state index in [1.54, 1.807) is 21.9 Å². The topological polar surface area (TPSA) is 99.6 Å². The molecule has 7 nitrogen and oxygen atoms in total. The summed E-state index contributed by atoms with van der Waals surface area (Å²) in [4.78, 5) is 43.3. The van der Waals surface area contributed by atoms with Crippen LogP contribution in [0.1, 0.15) is 24.1 Å². The van der Waals surface area contributed by atoms with E-state index in [0.29, 0.717) is 47.2 Å². The molecule has 1 aliphatic rings. The Kier molecular flexibility index (Phi) is 9.19. The molecule has 1 saturated heterocycles. The number of hydrogen-bond donors (Lipinski definition) is 2. The summed E-state index contributed by atoms with van der Waals surface area (Å²) < 4.78 is 0. The first-order valence-electron chi connectivity index (χ1n) is 10.2.